The third kappa shape index (κ3) is 6.88. The zero-order valence-corrected chi connectivity index (χ0v) is 17.5. The average Bonchev–Trinajstić information content (AvgIpc) is 2.82. The van der Waals surface area contributed by atoms with Crippen LogP contribution in [0.4, 0.5) is 0 Å². The maximum atomic E-state index is 11.9. The molecule has 0 bridgehead atoms. The number of nitrogens with zero attached hydrogens (tertiary/aromatic N) is 2. The second kappa shape index (κ2) is 11.4. The van der Waals surface area contributed by atoms with Crippen molar-refractivity contribution in [3.8, 4) is 34.4 Å². The standard InChI is InChI=1S/C23H25N3O5/c1-3-29-19-8-10-20(11-9-19)31-16-22(27)24-14-15-30-23-13-12-21(25-26-23)17-4-6-18(28-2)7-5-17/h4-13H,3,14-16H2,1-2H3,(H,24,27). The minimum atomic E-state index is -0.238. The van der Waals surface area contributed by atoms with Crippen LogP contribution in [0.1, 0.15) is 6.92 Å². The molecule has 1 N–H and O–H groups in total. The molecule has 8 heteroatoms. The third-order valence-electron chi connectivity index (χ3n) is 4.20. The zero-order valence-electron chi connectivity index (χ0n) is 17.5. The first kappa shape index (κ1) is 21.9. The summed E-state index contributed by atoms with van der Waals surface area (Å²) in [5.41, 5.74) is 1.66. The number of methoxy groups -OCH3 is 1. The Kier molecular flexibility index (Phi) is 8.05. The number of ether oxygens (including phenoxy) is 4. The van der Waals surface area contributed by atoms with E-state index in [1.165, 1.54) is 0 Å². The number of hydrogen-bond acceptors (Lipinski definition) is 7. The summed E-state index contributed by atoms with van der Waals surface area (Å²) < 4.78 is 21.5. The van der Waals surface area contributed by atoms with Gasteiger partial charge in [0.15, 0.2) is 6.61 Å². The Morgan fingerprint density at radius 2 is 1.52 bits per heavy atom. The molecule has 0 aliphatic rings. The van der Waals surface area contributed by atoms with Crippen LogP contribution >= 0.6 is 0 Å². The van der Waals surface area contributed by atoms with Gasteiger partial charge in [0.2, 0.25) is 5.88 Å². The van der Waals surface area contributed by atoms with Crippen LogP contribution < -0.4 is 24.3 Å². The number of nitrogens with one attached hydrogen (secondary N) is 1. The van der Waals surface area contributed by atoms with Gasteiger partial charge in [0.1, 0.15) is 23.9 Å². The van der Waals surface area contributed by atoms with Gasteiger partial charge in [-0.2, -0.15) is 0 Å². The highest BCUT2D eigenvalue weighted by Crippen LogP contribution is 2.21. The Morgan fingerprint density at radius 3 is 2.13 bits per heavy atom. The van der Waals surface area contributed by atoms with Gasteiger partial charge in [-0.15, -0.1) is 10.2 Å². The van der Waals surface area contributed by atoms with Crippen molar-refractivity contribution in [2.45, 2.75) is 6.92 Å². The number of rotatable bonds is 11. The molecule has 1 amide bonds. The third-order valence-corrected chi connectivity index (χ3v) is 4.20. The number of carbonyl (C=O) groups excluding carboxylic acids is 1. The fourth-order valence-electron chi connectivity index (χ4n) is 2.66. The fraction of sp³-hybridized carbons (Fsp3) is 0.261. The lowest BCUT2D eigenvalue weighted by atomic mass is 10.1. The van der Waals surface area contributed by atoms with Gasteiger partial charge in [-0.05, 0) is 61.5 Å². The van der Waals surface area contributed by atoms with Crippen molar-refractivity contribution in [2.24, 2.45) is 0 Å². The lowest BCUT2D eigenvalue weighted by molar-refractivity contribution is -0.123. The molecule has 1 aromatic heterocycles. The SMILES string of the molecule is CCOc1ccc(OCC(=O)NCCOc2ccc(-c3ccc(OC)cc3)nn2)cc1. The summed E-state index contributed by atoms with van der Waals surface area (Å²) in [6.45, 7) is 3.04. The summed E-state index contributed by atoms with van der Waals surface area (Å²) in [6, 6.07) is 18.2. The van der Waals surface area contributed by atoms with E-state index in [9.17, 15) is 4.79 Å². The topological polar surface area (TPSA) is 91.8 Å². The zero-order chi connectivity index (χ0) is 21.9. The first-order chi connectivity index (χ1) is 15.2. The van der Waals surface area contributed by atoms with Crippen LogP contribution in [0.3, 0.4) is 0 Å². The summed E-state index contributed by atoms with van der Waals surface area (Å²) in [4.78, 5) is 11.9. The molecule has 0 spiro atoms. The van der Waals surface area contributed by atoms with Gasteiger partial charge in [-0.1, -0.05) is 0 Å². The first-order valence-corrected chi connectivity index (χ1v) is 9.91. The number of benzene rings is 2. The molecule has 31 heavy (non-hydrogen) atoms. The number of carbonyl (C=O) groups is 1. The molecule has 8 nitrogen and oxygen atoms in total. The molecule has 0 aliphatic heterocycles. The summed E-state index contributed by atoms with van der Waals surface area (Å²) in [6.07, 6.45) is 0. The average molecular weight is 423 g/mol. The van der Waals surface area contributed by atoms with E-state index >= 15 is 0 Å². The molecule has 2 aromatic carbocycles. The van der Waals surface area contributed by atoms with Crippen molar-refractivity contribution in [3.05, 3.63) is 60.7 Å². The Labute approximate surface area is 181 Å². The predicted octanol–water partition coefficient (Wildman–Crippen LogP) is 3.12. The van der Waals surface area contributed by atoms with E-state index in [1.807, 2.05) is 37.3 Å². The molecule has 0 unspecified atom stereocenters. The molecule has 0 atom stereocenters. The van der Waals surface area contributed by atoms with Crippen LogP contribution in [0.25, 0.3) is 11.3 Å². The van der Waals surface area contributed by atoms with Crippen molar-refractivity contribution in [3.63, 3.8) is 0 Å². The molecule has 3 rings (SSSR count). The lowest BCUT2D eigenvalue weighted by Gasteiger charge is -2.09. The van der Waals surface area contributed by atoms with Crippen LogP contribution in [-0.4, -0.2) is 49.6 Å². The molecular weight excluding hydrogens is 398 g/mol. The van der Waals surface area contributed by atoms with E-state index in [0.717, 1.165) is 22.8 Å². The first-order valence-electron chi connectivity index (χ1n) is 9.91. The van der Waals surface area contributed by atoms with Crippen LogP contribution in [-0.2, 0) is 4.79 Å². The van der Waals surface area contributed by atoms with Crippen molar-refractivity contribution < 1.29 is 23.7 Å². The molecule has 1 heterocycles. The number of hydrogen-bond donors (Lipinski definition) is 1. The molecular formula is C23H25N3O5. The Balaban J connectivity index is 1.35. The predicted molar refractivity (Wildman–Crippen MR) is 116 cm³/mol. The minimum absolute atomic E-state index is 0.0790. The second-order valence-electron chi connectivity index (χ2n) is 6.38. The minimum Gasteiger partial charge on any atom is -0.497 e. The summed E-state index contributed by atoms with van der Waals surface area (Å²) >= 11 is 0. The second-order valence-corrected chi connectivity index (χ2v) is 6.38. The van der Waals surface area contributed by atoms with E-state index in [0.29, 0.717) is 24.8 Å². The molecule has 0 saturated heterocycles. The maximum absolute atomic E-state index is 11.9. The van der Waals surface area contributed by atoms with Gasteiger partial charge in [-0.25, -0.2) is 0 Å². The summed E-state index contributed by atoms with van der Waals surface area (Å²) in [5.74, 6) is 2.29. The van der Waals surface area contributed by atoms with Crippen LogP contribution in [0.2, 0.25) is 0 Å². The van der Waals surface area contributed by atoms with Crippen molar-refractivity contribution in [1.29, 1.82) is 0 Å². The van der Waals surface area contributed by atoms with Gasteiger partial charge < -0.3 is 24.3 Å². The van der Waals surface area contributed by atoms with E-state index in [4.69, 9.17) is 18.9 Å². The molecule has 0 radical (unpaired) electrons. The van der Waals surface area contributed by atoms with E-state index in [2.05, 4.69) is 15.5 Å². The number of aromatic nitrogens is 2. The van der Waals surface area contributed by atoms with Crippen molar-refractivity contribution >= 4 is 5.91 Å². The molecule has 0 saturated carbocycles. The maximum Gasteiger partial charge on any atom is 0.258 e. The Bertz CT molecular complexity index is 944. The van der Waals surface area contributed by atoms with Crippen LogP contribution in [0.15, 0.2) is 60.7 Å². The van der Waals surface area contributed by atoms with Gasteiger partial charge >= 0.3 is 0 Å². The van der Waals surface area contributed by atoms with Gasteiger partial charge in [-0.3, -0.25) is 4.79 Å². The highest BCUT2D eigenvalue weighted by atomic mass is 16.5. The Morgan fingerprint density at radius 1 is 0.839 bits per heavy atom. The van der Waals surface area contributed by atoms with Crippen molar-refractivity contribution in [1.82, 2.24) is 15.5 Å². The smallest absolute Gasteiger partial charge is 0.258 e. The number of amides is 1. The van der Waals surface area contributed by atoms with Gasteiger partial charge in [0.25, 0.3) is 5.91 Å². The normalized spacial score (nSPS) is 10.3. The summed E-state index contributed by atoms with van der Waals surface area (Å²) in [5, 5.41) is 11.0. The van der Waals surface area contributed by atoms with E-state index in [-0.39, 0.29) is 19.1 Å². The van der Waals surface area contributed by atoms with E-state index in [1.54, 1.807) is 37.4 Å². The highest BCUT2D eigenvalue weighted by molar-refractivity contribution is 5.77. The monoisotopic (exact) mass is 423 g/mol. The van der Waals surface area contributed by atoms with Gasteiger partial charge in [0, 0.05) is 11.6 Å². The fourth-order valence-corrected chi connectivity index (χ4v) is 2.66. The van der Waals surface area contributed by atoms with Crippen molar-refractivity contribution in [2.75, 3.05) is 33.5 Å². The van der Waals surface area contributed by atoms with Crippen LogP contribution in [0.5, 0.6) is 23.1 Å². The van der Waals surface area contributed by atoms with Crippen LogP contribution in [0, 0.1) is 0 Å². The largest absolute Gasteiger partial charge is 0.497 e. The van der Waals surface area contributed by atoms with E-state index < -0.39 is 0 Å². The Hall–Kier alpha value is -3.81. The van der Waals surface area contributed by atoms with Gasteiger partial charge in [0.05, 0.1) is 26.0 Å². The molecule has 0 aliphatic carbocycles. The quantitative estimate of drug-likeness (QED) is 0.474. The molecule has 3 aromatic rings. The highest BCUT2D eigenvalue weighted by Gasteiger charge is 2.05. The molecule has 0 fully saturated rings. The summed E-state index contributed by atoms with van der Waals surface area (Å²) in [7, 11) is 1.62. The lowest BCUT2D eigenvalue weighted by Crippen LogP contribution is -2.32. The molecule has 162 valence electrons.